The van der Waals surface area contributed by atoms with Gasteiger partial charge in [-0.1, -0.05) is 11.6 Å². The summed E-state index contributed by atoms with van der Waals surface area (Å²) < 4.78 is 55.9. The molecule has 0 heterocycles. The molecule has 0 aromatic rings. The topological polar surface area (TPSA) is 46.5 Å². The van der Waals surface area contributed by atoms with Crippen molar-refractivity contribution in [3.05, 3.63) is 0 Å². The summed E-state index contributed by atoms with van der Waals surface area (Å²) in [6, 6.07) is 0. The zero-order valence-electron chi connectivity index (χ0n) is 4.56. The Hall–Kier alpha value is -0.0100. The predicted molar refractivity (Wildman–Crippen MR) is 34.1 cm³/mol. The third-order valence-electron chi connectivity index (χ3n) is 0.423. The highest BCUT2D eigenvalue weighted by Crippen LogP contribution is 2.21. The summed E-state index contributed by atoms with van der Waals surface area (Å²) >= 11 is 4.40. The van der Waals surface area contributed by atoms with Crippen LogP contribution in [-0.4, -0.2) is 19.8 Å². The smallest absolute Gasteiger partial charge is 0.187 e. The van der Waals surface area contributed by atoms with Gasteiger partial charge in [-0.3, -0.25) is 0 Å². The minimum Gasteiger partial charge on any atom is -0.187 e. The van der Waals surface area contributed by atoms with Crippen LogP contribution in [0.2, 0.25) is 0 Å². The van der Waals surface area contributed by atoms with Crippen LogP contribution in [0.3, 0.4) is 0 Å². The first-order chi connectivity index (χ1) is 4.63. The number of alkyl halides is 3. The van der Waals surface area contributed by atoms with Crippen molar-refractivity contribution in [1.29, 1.82) is 0 Å². The van der Waals surface area contributed by atoms with E-state index in [4.69, 9.17) is 0 Å². The molecule has 0 aliphatic rings. The van der Waals surface area contributed by atoms with Gasteiger partial charge in [0.15, 0.2) is 0 Å². The molecular weight excluding hydrogens is 230 g/mol. The highest BCUT2D eigenvalue weighted by atomic mass is 35.7. The summed E-state index contributed by atoms with van der Waals surface area (Å²) in [6.45, 7) is 0. The molecule has 0 fully saturated rings. The lowest BCUT2D eigenvalue weighted by Gasteiger charge is -1.99. The normalized spacial score (nSPS) is 15.2. The van der Waals surface area contributed by atoms with Crippen LogP contribution in [0.25, 0.3) is 0 Å². The molecule has 0 amide bonds. The van der Waals surface area contributed by atoms with E-state index in [1.807, 2.05) is 4.40 Å². The van der Waals surface area contributed by atoms with Gasteiger partial charge in [0, 0.05) is 10.7 Å². The van der Waals surface area contributed by atoms with Crippen LogP contribution in [0, 0.1) is 0 Å². The van der Waals surface area contributed by atoms with E-state index in [9.17, 15) is 21.6 Å². The van der Waals surface area contributed by atoms with Crippen LogP contribution in [0.4, 0.5) is 13.2 Å². The molecule has 0 bridgehead atoms. The maximum atomic E-state index is 11.4. The van der Waals surface area contributed by atoms with Crippen molar-refractivity contribution >= 4 is 36.7 Å². The van der Waals surface area contributed by atoms with Gasteiger partial charge in [0.2, 0.25) is 5.17 Å². The lowest BCUT2D eigenvalue weighted by Crippen LogP contribution is -2.17. The summed E-state index contributed by atoms with van der Waals surface area (Å²) in [6.07, 6.45) is -4.98. The van der Waals surface area contributed by atoms with Gasteiger partial charge in [-0.25, -0.2) is 0 Å². The molecule has 66 valence electrons. The second-order valence-corrected chi connectivity index (χ2v) is 3.83. The molecule has 9 heteroatoms. The molecule has 0 aromatic heterocycles. The van der Waals surface area contributed by atoms with E-state index < -0.39 is 20.6 Å². The van der Waals surface area contributed by atoms with Crippen molar-refractivity contribution in [3.8, 4) is 0 Å². The molecule has 0 aliphatic heterocycles. The van der Waals surface area contributed by atoms with E-state index in [-0.39, 0.29) is 0 Å². The van der Waals surface area contributed by atoms with Gasteiger partial charge < -0.3 is 0 Å². The summed E-state index contributed by atoms with van der Waals surface area (Å²) in [5.41, 5.74) is 0. The fourth-order valence-corrected chi connectivity index (χ4v) is 1.03. The Morgan fingerprint density at radius 1 is 1.36 bits per heavy atom. The number of halogens is 5. The first-order valence-electron chi connectivity index (χ1n) is 1.90. The van der Waals surface area contributed by atoms with Crippen molar-refractivity contribution in [2.45, 2.75) is 6.18 Å². The minimum absolute atomic E-state index is 1.98. The maximum Gasteiger partial charge on any atom is 0.445 e. The Balaban J connectivity index is 4.78. The average molecular weight is 230 g/mol. The van der Waals surface area contributed by atoms with Gasteiger partial charge in [0.25, 0.3) is 0 Å². The van der Waals surface area contributed by atoms with E-state index in [1.165, 1.54) is 0 Å². The molecule has 0 radical (unpaired) electrons. The molecule has 0 saturated heterocycles. The molecule has 0 unspecified atom stereocenters. The lowest BCUT2D eigenvalue weighted by molar-refractivity contribution is -0.0557. The second-order valence-electron chi connectivity index (χ2n) is 1.29. The summed E-state index contributed by atoms with van der Waals surface area (Å²) in [5.74, 6) is 0. The first kappa shape index (κ1) is 11.0. The zero-order chi connectivity index (χ0) is 9.28. The fraction of sp³-hybridized carbons (Fsp3) is 0.500. The highest BCUT2D eigenvalue weighted by molar-refractivity contribution is 8.12. The molecule has 0 aromatic carbocycles. The molecule has 0 atom stereocenters. The number of nitrogens with zero attached hydrogens (tertiary/aromatic N) is 1. The Morgan fingerprint density at radius 2 is 1.73 bits per heavy atom. The van der Waals surface area contributed by atoms with Gasteiger partial charge >= 0.3 is 15.4 Å². The Morgan fingerprint density at radius 3 is 1.82 bits per heavy atom. The van der Waals surface area contributed by atoms with Gasteiger partial charge in [-0.15, -0.1) is 4.40 Å². The van der Waals surface area contributed by atoms with Crippen molar-refractivity contribution in [2.75, 3.05) is 0 Å². The van der Waals surface area contributed by atoms with E-state index in [1.54, 1.807) is 0 Å². The number of rotatable bonds is 1. The quantitative estimate of drug-likeness (QED) is 0.508. The molecule has 0 rings (SSSR count). The predicted octanol–water partition coefficient (Wildman–Crippen LogP) is 1.67. The molecule has 0 aliphatic carbocycles. The monoisotopic (exact) mass is 229 g/mol. The van der Waals surface area contributed by atoms with Crippen molar-refractivity contribution in [1.82, 2.24) is 0 Å². The summed E-state index contributed by atoms with van der Waals surface area (Å²) in [7, 11) is -0.264. The largest absolute Gasteiger partial charge is 0.445 e. The average Bonchev–Trinajstić information content (AvgIpc) is 1.56. The summed E-state index contributed by atoms with van der Waals surface area (Å²) in [4.78, 5) is 0. The lowest BCUT2D eigenvalue weighted by atomic mass is 10.7. The molecule has 0 spiro atoms. The van der Waals surface area contributed by atoms with Crippen molar-refractivity contribution in [3.63, 3.8) is 0 Å². The van der Waals surface area contributed by atoms with Gasteiger partial charge in [0.1, 0.15) is 0 Å². The molecule has 0 saturated carbocycles. The Kier molecular flexibility index (Phi) is 3.15. The van der Waals surface area contributed by atoms with Crippen molar-refractivity contribution < 1.29 is 21.6 Å². The van der Waals surface area contributed by atoms with Crippen molar-refractivity contribution in [2.24, 2.45) is 4.40 Å². The van der Waals surface area contributed by atoms with Gasteiger partial charge in [-0.2, -0.15) is 21.6 Å². The summed E-state index contributed by atoms with van der Waals surface area (Å²) in [5, 5.41) is -2.02. The van der Waals surface area contributed by atoms with Crippen LogP contribution in [0.1, 0.15) is 0 Å². The SMILES string of the molecule is O=S(=O)(Cl)/N=C(\Cl)C(F)(F)F. The second kappa shape index (κ2) is 3.16. The molecule has 3 nitrogen and oxygen atoms in total. The van der Waals surface area contributed by atoms with E-state index in [2.05, 4.69) is 22.3 Å². The first-order valence-corrected chi connectivity index (χ1v) is 4.54. The van der Waals surface area contributed by atoms with E-state index >= 15 is 0 Å². The van der Waals surface area contributed by atoms with Crippen LogP contribution >= 0.6 is 22.3 Å². The fourth-order valence-electron chi connectivity index (χ4n) is 0.147. The van der Waals surface area contributed by atoms with Crippen LogP contribution in [0.5, 0.6) is 0 Å². The zero-order valence-corrected chi connectivity index (χ0v) is 6.89. The maximum absolute atomic E-state index is 11.4. The molecule has 0 N–H and O–H groups in total. The third-order valence-corrected chi connectivity index (χ3v) is 1.43. The molecule has 11 heavy (non-hydrogen) atoms. The van der Waals surface area contributed by atoms with Crippen LogP contribution in [-0.2, 0) is 9.24 Å². The Bertz CT molecular complexity index is 268. The Labute approximate surface area is 69.4 Å². The number of hydrogen-bond donors (Lipinski definition) is 0. The van der Waals surface area contributed by atoms with Gasteiger partial charge in [-0.05, 0) is 0 Å². The van der Waals surface area contributed by atoms with Gasteiger partial charge in [0.05, 0.1) is 0 Å². The molecular formula is C2Cl2F3NO2S. The number of hydrogen-bond acceptors (Lipinski definition) is 2. The van der Waals surface area contributed by atoms with Crippen LogP contribution in [0.15, 0.2) is 4.40 Å². The van der Waals surface area contributed by atoms with E-state index in [0.717, 1.165) is 0 Å². The minimum atomic E-state index is -4.98. The standard InChI is InChI=1S/C2Cl2F3NO2S/c3-1(2(5,6)7)8-11(4,9)10/b8-1-. The van der Waals surface area contributed by atoms with Crippen LogP contribution < -0.4 is 0 Å². The third kappa shape index (κ3) is 5.28. The highest BCUT2D eigenvalue weighted by Gasteiger charge is 2.35. The van der Waals surface area contributed by atoms with E-state index in [0.29, 0.717) is 0 Å².